The average Bonchev–Trinajstić information content (AvgIpc) is 3.02. The summed E-state index contributed by atoms with van der Waals surface area (Å²) in [7, 11) is 1.79. The number of pyridine rings is 1. The number of hydrogen-bond acceptors (Lipinski definition) is 4. The van der Waals surface area contributed by atoms with Crippen molar-refractivity contribution in [3.05, 3.63) is 57.0 Å². The number of aromatic amines is 1. The van der Waals surface area contributed by atoms with Crippen LogP contribution in [0.2, 0.25) is 0 Å². The Morgan fingerprint density at radius 2 is 1.90 bits per heavy atom. The van der Waals surface area contributed by atoms with Crippen molar-refractivity contribution in [1.29, 1.82) is 0 Å². The SMILES string of the molecule is CCN(CC)C(=O)c1cccc(NC(=O)CCc2c(C)c3c(C)nn(C)c3[nH]c2=O)c1. The molecule has 2 heterocycles. The third kappa shape index (κ3) is 4.52. The molecule has 0 aliphatic rings. The molecule has 0 atom stereocenters. The van der Waals surface area contributed by atoms with E-state index >= 15 is 0 Å². The van der Waals surface area contributed by atoms with E-state index in [1.807, 2.05) is 27.7 Å². The first-order valence-corrected chi connectivity index (χ1v) is 10.5. The average molecular weight is 424 g/mol. The van der Waals surface area contributed by atoms with Crippen molar-refractivity contribution in [2.24, 2.45) is 7.05 Å². The number of amides is 2. The third-order valence-electron chi connectivity index (χ3n) is 5.60. The second kappa shape index (κ2) is 9.16. The molecule has 0 fully saturated rings. The van der Waals surface area contributed by atoms with E-state index in [-0.39, 0.29) is 23.8 Å². The molecule has 3 rings (SSSR count). The van der Waals surface area contributed by atoms with Crippen molar-refractivity contribution in [2.75, 3.05) is 18.4 Å². The largest absolute Gasteiger partial charge is 0.339 e. The van der Waals surface area contributed by atoms with Crippen LogP contribution >= 0.6 is 0 Å². The normalized spacial score (nSPS) is 11.0. The van der Waals surface area contributed by atoms with Gasteiger partial charge in [-0.2, -0.15) is 5.10 Å². The molecule has 0 unspecified atom stereocenters. The second-order valence-electron chi connectivity index (χ2n) is 7.60. The lowest BCUT2D eigenvalue weighted by molar-refractivity contribution is -0.116. The minimum Gasteiger partial charge on any atom is -0.339 e. The molecule has 0 radical (unpaired) electrons. The fourth-order valence-electron chi connectivity index (χ4n) is 3.94. The molecule has 31 heavy (non-hydrogen) atoms. The van der Waals surface area contributed by atoms with E-state index in [9.17, 15) is 14.4 Å². The molecule has 0 aliphatic heterocycles. The van der Waals surface area contributed by atoms with Crippen LogP contribution < -0.4 is 10.9 Å². The van der Waals surface area contributed by atoms with Crippen LogP contribution in [0.25, 0.3) is 11.0 Å². The number of nitrogens with zero attached hydrogens (tertiary/aromatic N) is 3. The highest BCUT2D eigenvalue weighted by molar-refractivity contribution is 5.97. The van der Waals surface area contributed by atoms with Crippen molar-refractivity contribution in [3.8, 4) is 0 Å². The summed E-state index contributed by atoms with van der Waals surface area (Å²) in [5.41, 5.74) is 3.86. The lowest BCUT2D eigenvalue weighted by Crippen LogP contribution is -2.30. The first kappa shape index (κ1) is 22.3. The van der Waals surface area contributed by atoms with Gasteiger partial charge in [-0.05, 0) is 57.9 Å². The number of nitrogens with one attached hydrogen (secondary N) is 2. The summed E-state index contributed by atoms with van der Waals surface area (Å²) >= 11 is 0. The smallest absolute Gasteiger partial charge is 0.253 e. The number of aromatic nitrogens is 3. The number of carbonyl (C=O) groups excluding carboxylic acids is 2. The van der Waals surface area contributed by atoms with Crippen molar-refractivity contribution in [2.45, 2.75) is 40.5 Å². The number of anilines is 1. The zero-order valence-electron chi connectivity index (χ0n) is 18.7. The third-order valence-corrected chi connectivity index (χ3v) is 5.60. The van der Waals surface area contributed by atoms with Gasteiger partial charge in [0.1, 0.15) is 5.65 Å². The lowest BCUT2D eigenvalue weighted by atomic mass is 10.0. The van der Waals surface area contributed by atoms with Gasteiger partial charge in [-0.1, -0.05) is 6.07 Å². The summed E-state index contributed by atoms with van der Waals surface area (Å²) in [6.07, 6.45) is 0.471. The van der Waals surface area contributed by atoms with Crippen LogP contribution in [-0.2, 0) is 18.3 Å². The molecule has 0 spiro atoms. The molecule has 2 aromatic heterocycles. The molecule has 164 valence electrons. The van der Waals surface area contributed by atoms with E-state index < -0.39 is 0 Å². The summed E-state index contributed by atoms with van der Waals surface area (Å²) in [5.74, 6) is -0.280. The number of carbonyl (C=O) groups is 2. The van der Waals surface area contributed by atoms with Crippen molar-refractivity contribution in [3.63, 3.8) is 0 Å². The number of hydrogen-bond donors (Lipinski definition) is 2. The van der Waals surface area contributed by atoms with Crippen LogP contribution in [0.4, 0.5) is 5.69 Å². The topological polar surface area (TPSA) is 100 Å². The van der Waals surface area contributed by atoms with E-state index in [0.29, 0.717) is 42.0 Å². The maximum Gasteiger partial charge on any atom is 0.253 e. The molecular weight excluding hydrogens is 394 g/mol. The number of rotatable bonds is 7. The van der Waals surface area contributed by atoms with Gasteiger partial charge < -0.3 is 15.2 Å². The van der Waals surface area contributed by atoms with Gasteiger partial charge in [0.25, 0.3) is 11.5 Å². The molecule has 0 aliphatic carbocycles. The quantitative estimate of drug-likeness (QED) is 0.610. The van der Waals surface area contributed by atoms with Gasteiger partial charge in [0, 0.05) is 48.8 Å². The highest BCUT2D eigenvalue weighted by Gasteiger charge is 2.17. The monoisotopic (exact) mass is 423 g/mol. The number of H-pyrrole nitrogens is 1. The summed E-state index contributed by atoms with van der Waals surface area (Å²) in [4.78, 5) is 42.2. The van der Waals surface area contributed by atoms with E-state index in [1.165, 1.54) is 0 Å². The van der Waals surface area contributed by atoms with E-state index in [2.05, 4.69) is 15.4 Å². The van der Waals surface area contributed by atoms with E-state index in [0.717, 1.165) is 16.6 Å². The van der Waals surface area contributed by atoms with E-state index in [1.54, 1.807) is 40.9 Å². The standard InChI is InChI=1S/C23H29N5O3/c1-6-28(7-2)23(31)16-9-8-10-17(13-16)24-19(29)12-11-18-14(3)20-15(4)26-27(5)21(20)25-22(18)30/h8-10,13H,6-7,11-12H2,1-5H3,(H,24,29)(H,25,30). The second-order valence-corrected chi connectivity index (χ2v) is 7.60. The minimum absolute atomic E-state index is 0.0663. The van der Waals surface area contributed by atoms with Gasteiger partial charge in [0.05, 0.1) is 5.69 Å². The zero-order valence-corrected chi connectivity index (χ0v) is 18.7. The number of benzene rings is 1. The molecule has 2 amide bonds. The Labute approximate surface area is 181 Å². The van der Waals surface area contributed by atoms with Crippen LogP contribution in [-0.4, -0.2) is 44.6 Å². The Balaban J connectivity index is 1.73. The fourth-order valence-corrected chi connectivity index (χ4v) is 3.94. The van der Waals surface area contributed by atoms with Crippen molar-refractivity contribution < 1.29 is 9.59 Å². The Hall–Kier alpha value is -3.42. The molecule has 1 aromatic carbocycles. The molecule has 0 saturated heterocycles. The Morgan fingerprint density at radius 3 is 2.58 bits per heavy atom. The lowest BCUT2D eigenvalue weighted by Gasteiger charge is -2.19. The Morgan fingerprint density at radius 1 is 1.19 bits per heavy atom. The summed E-state index contributed by atoms with van der Waals surface area (Å²) in [6.45, 7) is 8.90. The maximum atomic E-state index is 12.6. The van der Waals surface area contributed by atoms with Gasteiger partial charge in [-0.15, -0.1) is 0 Å². The van der Waals surface area contributed by atoms with Crippen LogP contribution in [0.5, 0.6) is 0 Å². The maximum absolute atomic E-state index is 12.6. The molecular formula is C23H29N5O3. The highest BCUT2D eigenvalue weighted by Crippen LogP contribution is 2.21. The van der Waals surface area contributed by atoms with Gasteiger partial charge in [-0.25, -0.2) is 0 Å². The molecule has 8 heteroatoms. The predicted octanol–water partition coefficient (Wildman–Crippen LogP) is 2.93. The Kier molecular flexibility index (Phi) is 6.58. The zero-order chi connectivity index (χ0) is 22.7. The first-order valence-electron chi connectivity index (χ1n) is 10.5. The van der Waals surface area contributed by atoms with Crippen molar-refractivity contribution >= 4 is 28.5 Å². The fraction of sp³-hybridized carbons (Fsp3) is 0.391. The van der Waals surface area contributed by atoms with Gasteiger partial charge in [0.2, 0.25) is 5.91 Å². The van der Waals surface area contributed by atoms with Crippen LogP contribution in [0.1, 0.15) is 47.4 Å². The summed E-state index contributed by atoms with van der Waals surface area (Å²) < 4.78 is 1.65. The Bertz CT molecular complexity index is 1190. The van der Waals surface area contributed by atoms with E-state index in [4.69, 9.17) is 0 Å². The molecule has 8 nitrogen and oxygen atoms in total. The van der Waals surface area contributed by atoms with Crippen LogP contribution in [0.3, 0.4) is 0 Å². The summed E-state index contributed by atoms with van der Waals surface area (Å²) in [6, 6.07) is 6.92. The molecule has 0 bridgehead atoms. The predicted molar refractivity (Wildman–Crippen MR) is 121 cm³/mol. The minimum atomic E-state index is -0.214. The summed E-state index contributed by atoms with van der Waals surface area (Å²) in [5, 5.41) is 8.12. The number of fused-ring (bicyclic) bond motifs is 1. The highest BCUT2D eigenvalue weighted by atomic mass is 16.2. The van der Waals surface area contributed by atoms with Gasteiger partial charge in [-0.3, -0.25) is 19.1 Å². The van der Waals surface area contributed by atoms with Crippen LogP contribution in [0, 0.1) is 13.8 Å². The molecule has 0 saturated carbocycles. The first-order chi connectivity index (χ1) is 14.8. The van der Waals surface area contributed by atoms with Crippen LogP contribution in [0.15, 0.2) is 29.1 Å². The molecule has 2 N–H and O–H groups in total. The van der Waals surface area contributed by atoms with Crippen molar-refractivity contribution in [1.82, 2.24) is 19.7 Å². The van der Waals surface area contributed by atoms with Gasteiger partial charge in [0.15, 0.2) is 0 Å². The van der Waals surface area contributed by atoms with Gasteiger partial charge >= 0.3 is 0 Å². The molecule has 3 aromatic rings. The number of aryl methyl sites for hydroxylation is 3.